The van der Waals surface area contributed by atoms with Crippen LogP contribution in [0.1, 0.15) is 23.6 Å². The maximum Gasteiger partial charge on any atom is 0.309 e. The molecule has 76 valence electrons. The molecule has 0 aromatic heterocycles. The van der Waals surface area contributed by atoms with Crippen LogP contribution < -0.4 is 0 Å². The highest BCUT2D eigenvalue weighted by molar-refractivity contribution is 5.72. The van der Waals surface area contributed by atoms with E-state index in [1.54, 1.807) is 0 Å². The maximum absolute atomic E-state index is 11.0. The van der Waals surface area contributed by atoms with E-state index in [2.05, 4.69) is 30.7 Å². The van der Waals surface area contributed by atoms with Gasteiger partial charge in [-0.15, -0.1) is 0 Å². The third-order valence-electron chi connectivity index (χ3n) is 2.37. The molecule has 0 spiro atoms. The van der Waals surface area contributed by atoms with E-state index in [9.17, 15) is 4.79 Å². The van der Waals surface area contributed by atoms with Gasteiger partial charge in [0.2, 0.25) is 0 Å². The number of esters is 1. The Labute approximate surface area is 84.9 Å². The Kier molecular flexibility index (Phi) is 3.69. The predicted octanol–water partition coefficient (Wildman–Crippen LogP) is 2.27. The van der Waals surface area contributed by atoms with Crippen molar-refractivity contribution in [3.8, 4) is 0 Å². The molecule has 0 N–H and O–H groups in total. The summed E-state index contributed by atoms with van der Waals surface area (Å²) < 4.78 is 4.62. The summed E-state index contributed by atoms with van der Waals surface area (Å²) in [6.07, 6.45) is 1.37. The summed E-state index contributed by atoms with van der Waals surface area (Å²) in [5.74, 6) is -0.184. The van der Waals surface area contributed by atoms with E-state index in [1.165, 1.54) is 18.2 Å². The molecule has 1 aromatic rings. The number of ether oxygens (including phenoxy) is 1. The lowest BCUT2D eigenvalue weighted by molar-refractivity contribution is -0.139. The number of carbonyl (C=O) groups is 1. The van der Waals surface area contributed by atoms with Gasteiger partial charge in [-0.2, -0.15) is 0 Å². The smallest absolute Gasteiger partial charge is 0.309 e. The first-order chi connectivity index (χ1) is 6.67. The first kappa shape index (κ1) is 10.8. The predicted molar refractivity (Wildman–Crippen MR) is 56.3 cm³/mol. The van der Waals surface area contributed by atoms with Crippen molar-refractivity contribution in [1.29, 1.82) is 0 Å². The number of rotatable bonds is 3. The summed E-state index contributed by atoms with van der Waals surface area (Å²) in [7, 11) is 1.41. The molecule has 0 unspecified atom stereocenters. The summed E-state index contributed by atoms with van der Waals surface area (Å²) in [4.78, 5) is 11.0. The average Bonchev–Trinajstić information content (AvgIpc) is 2.20. The summed E-state index contributed by atoms with van der Waals surface area (Å²) in [6, 6.07) is 6.11. The molecule has 0 amide bonds. The topological polar surface area (TPSA) is 26.3 Å². The zero-order valence-electron chi connectivity index (χ0n) is 8.96. The van der Waals surface area contributed by atoms with Gasteiger partial charge in [0.25, 0.3) is 0 Å². The van der Waals surface area contributed by atoms with Crippen LogP contribution in [-0.4, -0.2) is 13.1 Å². The van der Waals surface area contributed by atoms with Crippen LogP contribution in [0.3, 0.4) is 0 Å². The Bertz CT molecular complexity index is 329. The lowest BCUT2D eigenvalue weighted by Gasteiger charge is -2.05. The van der Waals surface area contributed by atoms with Crippen LogP contribution in [0.25, 0.3) is 0 Å². The summed E-state index contributed by atoms with van der Waals surface area (Å²) >= 11 is 0. The van der Waals surface area contributed by atoms with Gasteiger partial charge in [0.1, 0.15) is 0 Å². The molecule has 2 nitrogen and oxygen atoms in total. The molecular weight excluding hydrogens is 176 g/mol. The molecule has 2 heteroatoms. The molecule has 0 aliphatic heterocycles. The largest absolute Gasteiger partial charge is 0.469 e. The monoisotopic (exact) mass is 192 g/mol. The summed E-state index contributed by atoms with van der Waals surface area (Å²) in [5.41, 5.74) is 3.60. The lowest BCUT2D eigenvalue weighted by Crippen LogP contribution is -2.05. The van der Waals surface area contributed by atoms with Crippen molar-refractivity contribution >= 4 is 5.97 Å². The molecule has 0 aliphatic carbocycles. The molecular formula is C12H16O2. The van der Waals surface area contributed by atoms with Crippen molar-refractivity contribution in [2.24, 2.45) is 0 Å². The highest BCUT2D eigenvalue weighted by atomic mass is 16.5. The van der Waals surface area contributed by atoms with Crippen LogP contribution >= 0.6 is 0 Å². The fourth-order valence-electron chi connectivity index (χ4n) is 1.45. The number of carbonyl (C=O) groups excluding carboxylic acids is 1. The second kappa shape index (κ2) is 4.80. The number of hydrogen-bond donors (Lipinski definition) is 0. The van der Waals surface area contributed by atoms with Gasteiger partial charge in [0.05, 0.1) is 13.5 Å². The minimum Gasteiger partial charge on any atom is -0.469 e. The van der Waals surface area contributed by atoms with E-state index in [1.807, 2.05) is 6.07 Å². The van der Waals surface area contributed by atoms with E-state index in [-0.39, 0.29) is 5.97 Å². The SMILES string of the molecule is CCc1cc(CC(=O)OC)ccc1C. The Hall–Kier alpha value is -1.31. The van der Waals surface area contributed by atoms with Crippen molar-refractivity contribution in [2.75, 3.05) is 7.11 Å². The summed E-state index contributed by atoms with van der Waals surface area (Å²) in [5, 5.41) is 0. The highest BCUT2D eigenvalue weighted by Crippen LogP contribution is 2.12. The van der Waals surface area contributed by atoms with Gasteiger partial charge < -0.3 is 4.74 Å². The van der Waals surface area contributed by atoms with Gasteiger partial charge in [0.15, 0.2) is 0 Å². The number of benzene rings is 1. The number of hydrogen-bond acceptors (Lipinski definition) is 2. The maximum atomic E-state index is 11.0. The van der Waals surface area contributed by atoms with E-state index < -0.39 is 0 Å². The second-order valence-electron chi connectivity index (χ2n) is 3.37. The third-order valence-corrected chi connectivity index (χ3v) is 2.37. The van der Waals surface area contributed by atoms with Crippen molar-refractivity contribution in [2.45, 2.75) is 26.7 Å². The van der Waals surface area contributed by atoms with Crippen molar-refractivity contribution in [3.05, 3.63) is 34.9 Å². The molecule has 14 heavy (non-hydrogen) atoms. The Morgan fingerprint density at radius 2 is 2.14 bits per heavy atom. The normalized spacial score (nSPS) is 9.93. The van der Waals surface area contributed by atoms with E-state index in [0.29, 0.717) is 6.42 Å². The Morgan fingerprint density at radius 3 is 2.71 bits per heavy atom. The fraction of sp³-hybridized carbons (Fsp3) is 0.417. The molecule has 0 fully saturated rings. The van der Waals surface area contributed by atoms with E-state index in [4.69, 9.17) is 0 Å². The van der Waals surface area contributed by atoms with Crippen molar-refractivity contribution < 1.29 is 9.53 Å². The number of methoxy groups -OCH3 is 1. The van der Waals surface area contributed by atoms with Gasteiger partial charge in [-0.1, -0.05) is 25.1 Å². The molecule has 0 bridgehead atoms. The Morgan fingerprint density at radius 1 is 1.43 bits per heavy atom. The lowest BCUT2D eigenvalue weighted by atomic mass is 10.0. The Balaban J connectivity index is 2.84. The van der Waals surface area contributed by atoms with Crippen molar-refractivity contribution in [1.82, 2.24) is 0 Å². The molecule has 0 saturated carbocycles. The molecule has 0 atom stereocenters. The minimum absolute atomic E-state index is 0.184. The van der Waals surface area contributed by atoms with Crippen LogP contribution in [0.4, 0.5) is 0 Å². The van der Waals surface area contributed by atoms with Crippen LogP contribution in [0, 0.1) is 6.92 Å². The first-order valence-corrected chi connectivity index (χ1v) is 4.82. The van der Waals surface area contributed by atoms with Gasteiger partial charge >= 0.3 is 5.97 Å². The van der Waals surface area contributed by atoms with Crippen LogP contribution in [0.2, 0.25) is 0 Å². The van der Waals surface area contributed by atoms with Gasteiger partial charge in [0, 0.05) is 0 Å². The average molecular weight is 192 g/mol. The van der Waals surface area contributed by atoms with Crippen LogP contribution in [0.15, 0.2) is 18.2 Å². The molecule has 0 heterocycles. The molecule has 0 radical (unpaired) electrons. The van der Waals surface area contributed by atoms with E-state index in [0.717, 1.165) is 12.0 Å². The zero-order valence-corrected chi connectivity index (χ0v) is 8.96. The fourth-order valence-corrected chi connectivity index (χ4v) is 1.45. The summed E-state index contributed by atoms with van der Waals surface area (Å²) in [6.45, 7) is 4.20. The molecule has 1 rings (SSSR count). The molecule has 0 saturated heterocycles. The molecule has 0 aliphatic rings. The third kappa shape index (κ3) is 2.59. The zero-order chi connectivity index (χ0) is 10.6. The minimum atomic E-state index is -0.184. The van der Waals surface area contributed by atoms with Crippen LogP contribution in [0.5, 0.6) is 0 Å². The van der Waals surface area contributed by atoms with Gasteiger partial charge in [-0.25, -0.2) is 0 Å². The van der Waals surface area contributed by atoms with Gasteiger partial charge in [-0.3, -0.25) is 4.79 Å². The quantitative estimate of drug-likeness (QED) is 0.687. The van der Waals surface area contributed by atoms with E-state index >= 15 is 0 Å². The second-order valence-corrected chi connectivity index (χ2v) is 3.37. The number of aryl methyl sites for hydroxylation is 2. The highest BCUT2D eigenvalue weighted by Gasteiger charge is 2.04. The van der Waals surface area contributed by atoms with Crippen LogP contribution in [-0.2, 0) is 22.4 Å². The van der Waals surface area contributed by atoms with Crippen molar-refractivity contribution in [3.63, 3.8) is 0 Å². The standard InChI is InChI=1S/C12H16O2/c1-4-11-7-10(6-5-9(11)2)8-12(13)14-3/h5-7H,4,8H2,1-3H3. The first-order valence-electron chi connectivity index (χ1n) is 4.82. The van der Waals surface area contributed by atoms with Gasteiger partial charge in [-0.05, 0) is 30.0 Å². The molecule has 1 aromatic carbocycles.